The molecule has 2 unspecified atom stereocenters. The SMILES string of the molecule is NC(c1ccc2nccnc2c1)C1CCCOC1. The van der Waals surface area contributed by atoms with Crippen LogP contribution in [0.2, 0.25) is 0 Å². The highest BCUT2D eigenvalue weighted by molar-refractivity contribution is 5.74. The van der Waals surface area contributed by atoms with E-state index in [1.54, 1.807) is 12.4 Å². The quantitative estimate of drug-likeness (QED) is 0.877. The van der Waals surface area contributed by atoms with E-state index in [0.717, 1.165) is 42.7 Å². The van der Waals surface area contributed by atoms with Crippen molar-refractivity contribution in [3.63, 3.8) is 0 Å². The van der Waals surface area contributed by atoms with Gasteiger partial charge in [-0.25, -0.2) is 0 Å². The van der Waals surface area contributed by atoms with Crippen molar-refractivity contribution in [1.29, 1.82) is 0 Å². The first-order valence-corrected chi connectivity index (χ1v) is 6.38. The van der Waals surface area contributed by atoms with Crippen LogP contribution in [0.5, 0.6) is 0 Å². The van der Waals surface area contributed by atoms with Crippen molar-refractivity contribution in [2.75, 3.05) is 13.2 Å². The van der Waals surface area contributed by atoms with Crippen LogP contribution >= 0.6 is 0 Å². The molecule has 1 aliphatic rings. The lowest BCUT2D eigenvalue weighted by Crippen LogP contribution is -2.29. The molecule has 1 aromatic carbocycles. The molecule has 2 atom stereocenters. The minimum absolute atomic E-state index is 0.0247. The number of aromatic nitrogens is 2. The first-order chi connectivity index (χ1) is 8.84. The predicted octanol–water partition coefficient (Wildman–Crippen LogP) is 2.06. The molecule has 2 N–H and O–H groups in total. The van der Waals surface area contributed by atoms with Gasteiger partial charge in [0.2, 0.25) is 0 Å². The molecule has 0 amide bonds. The molecule has 18 heavy (non-hydrogen) atoms. The summed E-state index contributed by atoms with van der Waals surface area (Å²) in [6, 6.07) is 6.11. The van der Waals surface area contributed by atoms with Gasteiger partial charge in [0, 0.05) is 31.0 Å². The van der Waals surface area contributed by atoms with Gasteiger partial charge in [0.1, 0.15) is 0 Å². The van der Waals surface area contributed by atoms with Gasteiger partial charge in [0.15, 0.2) is 0 Å². The molecule has 94 valence electrons. The highest BCUT2D eigenvalue weighted by Crippen LogP contribution is 2.27. The topological polar surface area (TPSA) is 61.0 Å². The molecule has 0 saturated carbocycles. The Labute approximate surface area is 106 Å². The van der Waals surface area contributed by atoms with Gasteiger partial charge in [-0.2, -0.15) is 0 Å². The molecule has 3 rings (SSSR count). The molecule has 1 aliphatic heterocycles. The first-order valence-electron chi connectivity index (χ1n) is 6.38. The van der Waals surface area contributed by atoms with Gasteiger partial charge >= 0.3 is 0 Å². The highest BCUT2D eigenvalue weighted by Gasteiger charge is 2.22. The fourth-order valence-corrected chi connectivity index (χ4v) is 2.51. The molecule has 0 bridgehead atoms. The Morgan fingerprint density at radius 3 is 2.83 bits per heavy atom. The van der Waals surface area contributed by atoms with Gasteiger partial charge < -0.3 is 10.5 Å². The summed E-state index contributed by atoms with van der Waals surface area (Å²) >= 11 is 0. The normalized spacial score (nSPS) is 21.9. The van der Waals surface area contributed by atoms with Crippen LogP contribution in [0.15, 0.2) is 30.6 Å². The Kier molecular flexibility index (Phi) is 3.21. The number of nitrogens with two attached hydrogens (primary N) is 1. The maximum Gasteiger partial charge on any atom is 0.0890 e. The van der Waals surface area contributed by atoms with Crippen molar-refractivity contribution >= 4 is 11.0 Å². The number of hydrogen-bond donors (Lipinski definition) is 1. The van der Waals surface area contributed by atoms with Crippen LogP contribution in [-0.2, 0) is 4.74 Å². The van der Waals surface area contributed by atoms with Crippen LogP contribution in [0.3, 0.4) is 0 Å². The van der Waals surface area contributed by atoms with Crippen molar-refractivity contribution < 1.29 is 4.74 Å². The minimum atomic E-state index is 0.0247. The average Bonchev–Trinajstić information content (AvgIpc) is 2.47. The Bertz CT molecular complexity index is 537. The molecule has 4 heteroatoms. The Morgan fingerprint density at radius 1 is 1.22 bits per heavy atom. The van der Waals surface area contributed by atoms with Crippen LogP contribution in [0, 0.1) is 5.92 Å². The summed E-state index contributed by atoms with van der Waals surface area (Å²) in [5.74, 6) is 0.410. The summed E-state index contributed by atoms with van der Waals surface area (Å²) in [6.07, 6.45) is 5.66. The van der Waals surface area contributed by atoms with E-state index in [1.165, 1.54) is 0 Å². The third-order valence-electron chi connectivity index (χ3n) is 3.58. The fourth-order valence-electron chi connectivity index (χ4n) is 2.51. The summed E-state index contributed by atoms with van der Waals surface area (Å²) < 4.78 is 5.50. The number of hydrogen-bond acceptors (Lipinski definition) is 4. The second kappa shape index (κ2) is 5.00. The lowest BCUT2D eigenvalue weighted by atomic mass is 9.89. The smallest absolute Gasteiger partial charge is 0.0890 e. The van der Waals surface area contributed by atoms with E-state index in [0.29, 0.717) is 5.92 Å². The maximum atomic E-state index is 6.33. The lowest BCUT2D eigenvalue weighted by molar-refractivity contribution is 0.0448. The Hall–Kier alpha value is -1.52. The molecule has 0 radical (unpaired) electrons. The largest absolute Gasteiger partial charge is 0.381 e. The van der Waals surface area contributed by atoms with Crippen molar-refractivity contribution in [1.82, 2.24) is 9.97 Å². The molecule has 0 aliphatic carbocycles. The summed E-state index contributed by atoms with van der Waals surface area (Å²) in [5.41, 5.74) is 9.27. The van der Waals surface area contributed by atoms with E-state index in [1.807, 2.05) is 12.1 Å². The molecular formula is C14H17N3O. The maximum absolute atomic E-state index is 6.33. The molecular weight excluding hydrogens is 226 g/mol. The summed E-state index contributed by atoms with van der Waals surface area (Å²) in [6.45, 7) is 1.63. The van der Waals surface area contributed by atoms with Gasteiger partial charge in [0.05, 0.1) is 17.6 Å². The standard InChI is InChI=1S/C14H17N3O/c15-14(11-2-1-7-18-9-11)10-3-4-12-13(8-10)17-6-5-16-12/h3-6,8,11,14H,1-2,7,9,15H2. The molecule has 1 fully saturated rings. The Morgan fingerprint density at radius 2 is 2.06 bits per heavy atom. The molecule has 1 saturated heterocycles. The van der Waals surface area contributed by atoms with E-state index in [-0.39, 0.29) is 6.04 Å². The number of benzene rings is 1. The zero-order valence-corrected chi connectivity index (χ0v) is 10.2. The molecule has 2 aromatic rings. The summed E-state index contributed by atoms with van der Waals surface area (Å²) in [7, 11) is 0. The second-order valence-corrected chi connectivity index (χ2v) is 4.81. The van der Waals surface area contributed by atoms with Crippen LogP contribution in [0.25, 0.3) is 11.0 Å². The third kappa shape index (κ3) is 2.21. The molecule has 2 heterocycles. The predicted molar refractivity (Wildman–Crippen MR) is 70.0 cm³/mol. The van der Waals surface area contributed by atoms with Crippen molar-refractivity contribution in [3.8, 4) is 0 Å². The van der Waals surface area contributed by atoms with Crippen LogP contribution in [0.1, 0.15) is 24.4 Å². The summed E-state index contributed by atoms with van der Waals surface area (Å²) in [5, 5.41) is 0. The third-order valence-corrected chi connectivity index (χ3v) is 3.58. The van der Waals surface area contributed by atoms with Crippen LogP contribution < -0.4 is 5.73 Å². The van der Waals surface area contributed by atoms with Gasteiger partial charge in [-0.15, -0.1) is 0 Å². The first kappa shape index (κ1) is 11.6. The zero-order chi connectivity index (χ0) is 12.4. The van der Waals surface area contributed by atoms with E-state index in [9.17, 15) is 0 Å². The van der Waals surface area contributed by atoms with E-state index in [4.69, 9.17) is 10.5 Å². The minimum Gasteiger partial charge on any atom is -0.381 e. The van der Waals surface area contributed by atoms with Gasteiger partial charge in [-0.05, 0) is 30.5 Å². The number of fused-ring (bicyclic) bond motifs is 1. The van der Waals surface area contributed by atoms with Crippen molar-refractivity contribution in [2.45, 2.75) is 18.9 Å². The number of rotatable bonds is 2. The fraction of sp³-hybridized carbons (Fsp3) is 0.429. The molecule has 0 spiro atoms. The highest BCUT2D eigenvalue weighted by atomic mass is 16.5. The van der Waals surface area contributed by atoms with Crippen LogP contribution in [0.4, 0.5) is 0 Å². The van der Waals surface area contributed by atoms with E-state index in [2.05, 4.69) is 16.0 Å². The summed E-state index contributed by atoms with van der Waals surface area (Å²) in [4.78, 5) is 8.59. The number of ether oxygens (including phenoxy) is 1. The zero-order valence-electron chi connectivity index (χ0n) is 10.2. The van der Waals surface area contributed by atoms with Crippen molar-refractivity contribution in [2.24, 2.45) is 11.7 Å². The number of nitrogens with zero attached hydrogens (tertiary/aromatic N) is 2. The molecule has 1 aromatic heterocycles. The monoisotopic (exact) mass is 243 g/mol. The lowest BCUT2D eigenvalue weighted by Gasteiger charge is -2.27. The van der Waals surface area contributed by atoms with Gasteiger partial charge in [-0.1, -0.05) is 6.07 Å². The molecule has 4 nitrogen and oxygen atoms in total. The van der Waals surface area contributed by atoms with Gasteiger partial charge in [0.25, 0.3) is 0 Å². The second-order valence-electron chi connectivity index (χ2n) is 4.81. The van der Waals surface area contributed by atoms with E-state index < -0.39 is 0 Å². The van der Waals surface area contributed by atoms with E-state index >= 15 is 0 Å². The van der Waals surface area contributed by atoms with Crippen LogP contribution in [-0.4, -0.2) is 23.2 Å². The Balaban J connectivity index is 1.88. The van der Waals surface area contributed by atoms with Gasteiger partial charge in [-0.3, -0.25) is 9.97 Å². The van der Waals surface area contributed by atoms with Crippen molar-refractivity contribution in [3.05, 3.63) is 36.2 Å². The average molecular weight is 243 g/mol.